The maximum absolute atomic E-state index is 12.2. The van der Waals surface area contributed by atoms with Gasteiger partial charge in [0.25, 0.3) is 0 Å². The number of likely N-dealkylation sites (tertiary alicyclic amines) is 1. The molecule has 1 amide bonds. The molecule has 1 atom stereocenters. The van der Waals surface area contributed by atoms with Crippen molar-refractivity contribution in [3.63, 3.8) is 0 Å². The number of anilines is 1. The number of carbonyl (C=O) groups excluding carboxylic acids is 1. The van der Waals surface area contributed by atoms with E-state index in [-0.39, 0.29) is 17.4 Å². The molecule has 0 radical (unpaired) electrons. The van der Waals surface area contributed by atoms with Gasteiger partial charge >= 0.3 is 0 Å². The third kappa shape index (κ3) is 2.90. The summed E-state index contributed by atoms with van der Waals surface area (Å²) in [5.74, 6) is -0.0808. The summed E-state index contributed by atoms with van der Waals surface area (Å²) < 4.78 is 0. The maximum atomic E-state index is 12.2. The summed E-state index contributed by atoms with van der Waals surface area (Å²) >= 11 is 12.0. The molecule has 1 spiro atoms. The van der Waals surface area contributed by atoms with Crippen molar-refractivity contribution in [2.24, 2.45) is 11.1 Å². The lowest BCUT2D eigenvalue weighted by molar-refractivity contribution is -0.117. The van der Waals surface area contributed by atoms with E-state index in [4.69, 9.17) is 28.9 Å². The molecule has 3 N–H and O–H groups in total. The fourth-order valence-corrected chi connectivity index (χ4v) is 3.72. The lowest BCUT2D eigenvalue weighted by Gasteiger charge is -2.41. The van der Waals surface area contributed by atoms with E-state index in [1.807, 2.05) is 0 Å². The van der Waals surface area contributed by atoms with Gasteiger partial charge in [-0.15, -0.1) is 0 Å². The van der Waals surface area contributed by atoms with Crippen LogP contribution in [0.1, 0.15) is 19.3 Å². The van der Waals surface area contributed by atoms with E-state index in [1.165, 1.54) is 19.3 Å². The Morgan fingerprint density at radius 3 is 2.81 bits per heavy atom. The van der Waals surface area contributed by atoms with Crippen LogP contribution in [0.3, 0.4) is 0 Å². The van der Waals surface area contributed by atoms with Crippen LogP contribution in [0.2, 0.25) is 10.0 Å². The molecule has 1 aliphatic heterocycles. The van der Waals surface area contributed by atoms with Gasteiger partial charge in [0, 0.05) is 19.1 Å². The zero-order chi connectivity index (χ0) is 15.0. The third-order valence-electron chi connectivity index (χ3n) is 4.72. The molecule has 114 valence electrons. The molecule has 0 aromatic heterocycles. The van der Waals surface area contributed by atoms with Crippen LogP contribution in [0.5, 0.6) is 0 Å². The van der Waals surface area contributed by atoms with Crippen molar-refractivity contribution in [1.82, 2.24) is 4.90 Å². The van der Waals surface area contributed by atoms with E-state index in [1.54, 1.807) is 18.2 Å². The Bertz CT molecular complexity index is 560. The normalized spacial score (nSPS) is 24.0. The Balaban J connectivity index is 1.59. The first kappa shape index (κ1) is 15.1. The Kier molecular flexibility index (Phi) is 4.14. The molecule has 1 unspecified atom stereocenters. The van der Waals surface area contributed by atoms with Crippen LogP contribution in [0.25, 0.3) is 0 Å². The average molecular weight is 328 g/mol. The van der Waals surface area contributed by atoms with Crippen LogP contribution in [0, 0.1) is 5.41 Å². The molecule has 1 aromatic carbocycles. The number of amides is 1. The standard InChI is InChI=1S/C15H19Cl2N3O/c16-10-3-1-4-11(14(10)17)19-13(21)8-20-7-12(18)15(9-20)5-2-6-15/h1,3-4,12H,2,5-9,18H2,(H,19,21). The first-order chi connectivity index (χ1) is 10.00. The molecule has 1 saturated heterocycles. The molecule has 1 heterocycles. The average Bonchev–Trinajstić information content (AvgIpc) is 2.71. The highest BCUT2D eigenvalue weighted by Crippen LogP contribution is 2.47. The van der Waals surface area contributed by atoms with Gasteiger partial charge < -0.3 is 11.1 Å². The number of hydrogen-bond acceptors (Lipinski definition) is 3. The van der Waals surface area contributed by atoms with Crippen LogP contribution in [0.4, 0.5) is 5.69 Å². The second-order valence-corrected chi connectivity index (χ2v) is 6.93. The molecule has 3 rings (SSSR count). The molecule has 21 heavy (non-hydrogen) atoms. The van der Waals surface area contributed by atoms with Gasteiger partial charge in [-0.3, -0.25) is 9.69 Å². The second kappa shape index (κ2) is 5.76. The molecule has 4 nitrogen and oxygen atoms in total. The molecule has 6 heteroatoms. The number of hydrogen-bond donors (Lipinski definition) is 2. The quantitative estimate of drug-likeness (QED) is 0.897. The van der Waals surface area contributed by atoms with Gasteiger partial charge in [0.15, 0.2) is 0 Å². The molecular formula is C15H19Cl2N3O. The summed E-state index contributed by atoms with van der Waals surface area (Å²) in [6, 6.07) is 5.39. The highest BCUT2D eigenvalue weighted by Gasteiger charge is 2.48. The van der Waals surface area contributed by atoms with Crippen molar-refractivity contribution < 1.29 is 4.79 Å². The largest absolute Gasteiger partial charge is 0.326 e. The molecule has 2 fully saturated rings. The van der Waals surface area contributed by atoms with Gasteiger partial charge in [-0.25, -0.2) is 0 Å². The minimum absolute atomic E-state index is 0.0808. The summed E-state index contributed by atoms with van der Waals surface area (Å²) in [4.78, 5) is 14.3. The first-order valence-corrected chi connectivity index (χ1v) is 7.98. The van der Waals surface area contributed by atoms with E-state index in [0.29, 0.717) is 22.3 Å². The van der Waals surface area contributed by atoms with Crippen LogP contribution in [0.15, 0.2) is 18.2 Å². The fraction of sp³-hybridized carbons (Fsp3) is 0.533. The zero-order valence-electron chi connectivity index (χ0n) is 11.7. The minimum atomic E-state index is -0.0808. The molecule has 1 aliphatic carbocycles. The van der Waals surface area contributed by atoms with Gasteiger partial charge in [0.05, 0.1) is 22.3 Å². The SMILES string of the molecule is NC1CN(CC(=O)Nc2cccc(Cl)c2Cl)CC12CCC2. The summed E-state index contributed by atoms with van der Waals surface area (Å²) in [6.45, 7) is 2.06. The topological polar surface area (TPSA) is 58.4 Å². The number of nitrogens with two attached hydrogens (primary N) is 1. The molecule has 0 bridgehead atoms. The van der Waals surface area contributed by atoms with Gasteiger partial charge in [0.2, 0.25) is 5.91 Å². The third-order valence-corrected chi connectivity index (χ3v) is 5.54. The predicted octanol–water partition coefficient (Wildman–Crippen LogP) is 2.75. The Hall–Kier alpha value is -0.810. The second-order valence-electron chi connectivity index (χ2n) is 6.14. The first-order valence-electron chi connectivity index (χ1n) is 7.22. The number of rotatable bonds is 3. The van der Waals surface area contributed by atoms with Crippen molar-refractivity contribution in [1.29, 1.82) is 0 Å². The van der Waals surface area contributed by atoms with E-state index in [9.17, 15) is 4.79 Å². The van der Waals surface area contributed by atoms with E-state index in [2.05, 4.69) is 10.2 Å². The molecule has 1 saturated carbocycles. The highest BCUT2D eigenvalue weighted by atomic mass is 35.5. The van der Waals surface area contributed by atoms with Crippen molar-refractivity contribution >= 4 is 34.8 Å². The monoisotopic (exact) mass is 327 g/mol. The van der Waals surface area contributed by atoms with Gasteiger partial charge in [-0.05, 0) is 30.4 Å². The molecular weight excluding hydrogens is 309 g/mol. The Morgan fingerprint density at radius 1 is 1.43 bits per heavy atom. The summed E-state index contributed by atoms with van der Waals surface area (Å²) in [7, 11) is 0. The fourth-order valence-electron chi connectivity index (χ4n) is 3.37. The summed E-state index contributed by atoms with van der Waals surface area (Å²) in [6.07, 6.45) is 3.63. The summed E-state index contributed by atoms with van der Waals surface area (Å²) in [5, 5.41) is 3.63. The van der Waals surface area contributed by atoms with E-state index >= 15 is 0 Å². The number of halogens is 2. The lowest BCUT2D eigenvalue weighted by Crippen LogP contribution is -2.45. The van der Waals surface area contributed by atoms with E-state index < -0.39 is 0 Å². The maximum Gasteiger partial charge on any atom is 0.238 e. The Morgan fingerprint density at radius 2 is 2.19 bits per heavy atom. The molecule has 2 aliphatic rings. The van der Waals surface area contributed by atoms with Crippen LogP contribution >= 0.6 is 23.2 Å². The van der Waals surface area contributed by atoms with Crippen molar-refractivity contribution in [2.75, 3.05) is 25.0 Å². The predicted molar refractivity (Wildman–Crippen MR) is 85.8 cm³/mol. The van der Waals surface area contributed by atoms with E-state index in [0.717, 1.165) is 13.1 Å². The van der Waals surface area contributed by atoms with Crippen molar-refractivity contribution in [3.05, 3.63) is 28.2 Å². The number of carbonyl (C=O) groups is 1. The zero-order valence-corrected chi connectivity index (χ0v) is 13.3. The van der Waals surface area contributed by atoms with Crippen molar-refractivity contribution in [3.8, 4) is 0 Å². The number of nitrogens with zero attached hydrogens (tertiary/aromatic N) is 1. The van der Waals surface area contributed by atoms with Crippen LogP contribution in [-0.4, -0.2) is 36.5 Å². The molecule has 1 aromatic rings. The summed E-state index contributed by atoms with van der Waals surface area (Å²) in [5.41, 5.74) is 7.04. The minimum Gasteiger partial charge on any atom is -0.326 e. The Labute approximate surface area is 134 Å². The van der Waals surface area contributed by atoms with Gasteiger partial charge in [0.1, 0.15) is 0 Å². The van der Waals surface area contributed by atoms with Crippen LogP contribution < -0.4 is 11.1 Å². The number of benzene rings is 1. The smallest absolute Gasteiger partial charge is 0.238 e. The van der Waals surface area contributed by atoms with Crippen molar-refractivity contribution in [2.45, 2.75) is 25.3 Å². The lowest BCUT2D eigenvalue weighted by atomic mass is 9.66. The van der Waals surface area contributed by atoms with Gasteiger partial charge in [-0.2, -0.15) is 0 Å². The van der Waals surface area contributed by atoms with Gasteiger partial charge in [-0.1, -0.05) is 35.7 Å². The highest BCUT2D eigenvalue weighted by molar-refractivity contribution is 6.43. The van der Waals surface area contributed by atoms with Crippen LogP contribution in [-0.2, 0) is 4.79 Å². The number of nitrogens with one attached hydrogen (secondary N) is 1.